The molecule has 0 bridgehead atoms. The highest BCUT2D eigenvalue weighted by Gasteiger charge is 2.12. The molecule has 4 rings (SSSR count). The fraction of sp³-hybridized carbons (Fsp3) is 0.143. The summed E-state index contributed by atoms with van der Waals surface area (Å²) in [4.78, 5) is 40.5. The monoisotopic (exact) mass is 653 g/mol. The number of carboxylic acid groups (broad SMARTS) is 1. The molecule has 4 aromatic rings. The molecule has 0 aliphatic carbocycles. The van der Waals surface area contributed by atoms with Crippen molar-refractivity contribution in [3.63, 3.8) is 0 Å². The zero-order valence-electron chi connectivity index (χ0n) is 21.4. The first-order valence-electron chi connectivity index (χ1n) is 12.2. The molecule has 0 aliphatic heterocycles. The number of aryl methyl sites for hydroxylation is 1. The quantitative estimate of drug-likeness (QED) is 0.0993. The van der Waals surface area contributed by atoms with Crippen LogP contribution in [-0.2, 0) is 4.79 Å². The summed E-state index contributed by atoms with van der Waals surface area (Å²) in [6, 6.07) is 11.9. The molecule has 40 heavy (non-hydrogen) atoms. The third kappa shape index (κ3) is 8.02. The van der Waals surface area contributed by atoms with Gasteiger partial charge in [0.25, 0.3) is 5.91 Å². The number of benzene rings is 2. The van der Waals surface area contributed by atoms with Crippen molar-refractivity contribution >= 4 is 58.0 Å². The lowest BCUT2D eigenvalue weighted by molar-refractivity contribution is -0.131. The Morgan fingerprint density at radius 3 is 2.65 bits per heavy atom. The number of amides is 1. The maximum Gasteiger partial charge on any atom is 0.328 e. The van der Waals surface area contributed by atoms with Crippen LogP contribution < -0.4 is 16.0 Å². The van der Waals surface area contributed by atoms with Gasteiger partial charge in [0, 0.05) is 42.8 Å². The van der Waals surface area contributed by atoms with Gasteiger partial charge in [-0.1, -0.05) is 18.2 Å². The van der Waals surface area contributed by atoms with Crippen LogP contribution in [0.3, 0.4) is 0 Å². The Bertz CT molecular complexity index is 1550. The smallest absolute Gasteiger partial charge is 0.328 e. The third-order valence-electron chi connectivity index (χ3n) is 5.53. The number of carbonyl (C=O) groups excluding carboxylic acids is 1. The molecule has 10 nitrogen and oxygen atoms in total. The maximum absolute atomic E-state index is 13.7. The molecule has 0 fully saturated rings. The summed E-state index contributed by atoms with van der Waals surface area (Å²) in [5, 5.41) is 18.2. The zero-order valence-corrected chi connectivity index (χ0v) is 23.5. The van der Waals surface area contributed by atoms with Gasteiger partial charge in [0.15, 0.2) is 0 Å². The number of nitrogens with one attached hydrogen (secondary N) is 3. The minimum absolute atomic E-state index is 0.250. The number of carbonyl (C=O) groups is 2. The Morgan fingerprint density at radius 2 is 1.90 bits per heavy atom. The highest BCUT2D eigenvalue weighted by Crippen LogP contribution is 2.29. The van der Waals surface area contributed by atoms with E-state index in [0.29, 0.717) is 51.7 Å². The molecular weight excluding hydrogens is 628 g/mol. The van der Waals surface area contributed by atoms with Gasteiger partial charge in [0.1, 0.15) is 17.3 Å². The Balaban J connectivity index is 1.50. The van der Waals surface area contributed by atoms with E-state index in [4.69, 9.17) is 5.11 Å². The Hall–Kier alpha value is -4.46. The van der Waals surface area contributed by atoms with E-state index in [0.717, 1.165) is 17.3 Å². The summed E-state index contributed by atoms with van der Waals surface area (Å²) in [6.45, 7) is 2.68. The van der Waals surface area contributed by atoms with Crippen molar-refractivity contribution in [3.05, 3.63) is 93.5 Å². The van der Waals surface area contributed by atoms with Gasteiger partial charge in [-0.2, -0.15) is 4.98 Å². The molecule has 12 heteroatoms. The molecule has 0 radical (unpaired) electrons. The first kappa shape index (κ1) is 28.5. The van der Waals surface area contributed by atoms with E-state index < -0.39 is 5.97 Å². The minimum Gasteiger partial charge on any atom is -0.478 e. The number of rotatable bonds is 11. The second-order valence-electron chi connectivity index (χ2n) is 8.59. The lowest BCUT2D eigenvalue weighted by atomic mass is 10.0. The molecular formula is C28H25FIN7O3. The zero-order chi connectivity index (χ0) is 28.5. The van der Waals surface area contributed by atoms with Gasteiger partial charge in [-0.05, 0) is 77.4 Å². The largest absolute Gasteiger partial charge is 0.478 e. The van der Waals surface area contributed by atoms with Gasteiger partial charge in [-0.3, -0.25) is 9.78 Å². The SMILES string of the molecule is Cc1cnc(C(=O)NCCCNc2nc(Nc3ccc(F)c(I)c3)ncc2-c2cccc(/C=C/C(=O)O)c2)cn1. The molecule has 2 heterocycles. The first-order valence-corrected chi connectivity index (χ1v) is 13.3. The highest BCUT2D eigenvalue weighted by atomic mass is 127. The molecule has 0 unspecified atom stereocenters. The normalized spacial score (nSPS) is 10.9. The lowest BCUT2D eigenvalue weighted by Crippen LogP contribution is -2.26. The lowest BCUT2D eigenvalue weighted by Gasteiger charge is -2.14. The minimum atomic E-state index is -1.04. The van der Waals surface area contributed by atoms with E-state index in [1.807, 2.05) is 40.8 Å². The number of hydrogen-bond donors (Lipinski definition) is 4. The summed E-state index contributed by atoms with van der Waals surface area (Å²) < 4.78 is 14.2. The Kier molecular flexibility index (Phi) is 9.67. The highest BCUT2D eigenvalue weighted by molar-refractivity contribution is 14.1. The van der Waals surface area contributed by atoms with Crippen LogP contribution in [0.5, 0.6) is 0 Å². The van der Waals surface area contributed by atoms with Crippen LogP contribution in [0.4, 0.5) is 21.8 Å². The molecule has 204 valence electrons. The van der Waals surface area contributed by atoms with Crippen molar-refractivity contribution in [1.82, 2.24) is 25.3 Å². The van der Waals surface area contributed by atoms with Crippen LogP contribution in [-0.4, -0.2) is 50.0 Å². The van der Waals surface area contributed by atoms with Crippen molar-refractivity contribution in [3.8, 4) is 11.1 Å². The van der Waals surface area contributed by atoms with Crippen molar-refractivity contribution < 1.29 is 19.1 Å². The van der Waals surface area contributed by atoms with E-state index in [1.54, 1.807) is 31.3 Å². The Morgan fingerprint density at radius 1 is 1.05 bits per heavy atom. The molecule has 2 aromatic heterocycles. The van der Waals surface area contributed by atoms with E-state index >= 15 is 0 Å². The number of aromatic nitrogens is 4. The second-order valence-corrected chi connectivity index (χ2v) is 9.75. The third-order valence-corrected chi connectivity index (χ3v) is 6.35. The molecule has 1 amide bonds. The van der Waals surface area contributed by atoms with Crippen LogP contribution in [0.15, 0.2) is 67.1 Å². The molecule has 0 saturated heterocycles. The molecule has 0 aliphatic rings. The molecule has 4 N–H and O–H groups in total. The number of halogens is 2. The Labute approximate surface area is 243 Å². The van der Waals surface area contributed by atoms with Gasteiger partial charge in [0.05, 0.1) is 15.5 Å². The fourth-order valence-corrected chi connectivity index (χ4v) is 4.08. The summed E-state index contributed by atoms with van der Waals surface area (Å²) in [7, 11) is 0. The number of nitrogens with zero attached hydrogens (tertiary/aromatic N) is 4. The van der Waals surface area contributed by atoms with Crippen molar-refractivity contribution in [1.29, 1.82) is 0 Å². The average molecular weight is 653 g/mol. The van der Waals surface area contributed by atoms with Gasteiger partial charge >= 0.3 is 5.97 Å². The van der Waals surface area contributed by atoms with Crippen molar-refractivity contribution in [2.24, 2.45) is 0 Å². The average Bonchev–Trinajstić information content (AvgIpc) is 2.94. The fourth-order valence-electron chi connectivity index (χ4n) is 3.57. The predicted octanol–water partition coefficient (Wildman–Crippen LogP) is 5.06. The topological polar surface area (TPSA) is 142 Å². The van der Waals surface area contributed by atoms with Crippen molar-refractivity contribution in [2.75, 3.05) is 23.7 Å². The van der Waals surface area contributed by atoms with Crippen LogP contribution in [0.25, 0.3) is 17.2 Å². The number of carboxylic acids is 1. The van der Waals surface area contributed by atoms with E-state index in [1.165, 1.54) is 24.5 Å². The summed E-state index contributed by atoms with van der Waals surface area (Å²) in [5.74, 6) is -0.820. The van der Waals surface area contributed by atoms with Crippen molar-refractivity contribution in [2.45, 2.75) is 13.3 Å². The molecule has 0 spiro atoms. The van der Waals surface area contributed by atoms with Crippen LogP contribution in [0, 0.1) is 16.3 Å². The summed E-state index contributed by atoms with van der Waals surface area (Å²) in [5.41, 5.74) is 3.79. The van der Waals surface area contributed by atoms with Gasteiger partial charge in [-0.15, -0.1) is 0 Å². The predicted molar refractivity (Wildman–Crippen MR) is 159 cm³/mol. The van der Waals surface area contributed by atoms with Crippen LogP contribution in [0.2, 0.25) is 0 Å². The standard InChI is InChI=1S/C28H25FIN7O3/c1-17-14-34-24(16-33-17)27(40)32-11-3-10-31-26-21(19-5-2-4-18(12-19)6-9-25(38)39)15-35-28(37-26)36-20-7-8-22(29)23(30)13-20/h2,4-9,12-16H,3,10-11H2,1H3,(H,32,40)(H,38,39)(H2,31,35,36,37)/b9-6+. The molecule has 0 atom stereocenters. The van der Waals surface area contributed by atoms with E-state index in [-0.39, 0.29) is 17.4 Å². The molecule has 0 saturated carbocycles. The van der Waals surface area contributed by atoms with Crippen LogP contribution in [0.1, 0.15) is 28.2 Å². The summed E-state index contributed by atoms with van der Waals surface area (Å²) >= 11 is 1.91. The van der Waals surface area contributed by atoms with E-state index in [2.05, 4.69) is 35.9 Å². The maximum atomic E-state index is 13.7. The van der Waals surface area contributed by atoms with Gasteiger partial charge < -0.3 is 21.1 Å². The van der Waals surface area contributed by atoms with Crippen LogP contribution >= 0.6 is 22.6 Å². The number of anilines is 3. The number of aliphatic carboxylic acids is 1. The van der Waals surface area contributed by atoms with Gasteiger partial charge in [-0.25, -0.2) is 19.2 Å². The first-order chi connectivity index (χ1) is 19.3. The summed E-state index contributed by atoms with van der Waals surface area (Å²) in [6.07, 6.45) is 7.80. The molecule has 2 aromatic carbocycles. The van der Waals surface area contributed by atoms with Gasteiger partial charge in [0.2, 0.25) is 5.95 Å². The number of hydrogen-bond acceptors (Lipinski definition) is 8. The second kappa shape index (κ2) is 13.6. The van der Waals surface area contributed by atoms with E-state index in [9.17, 15) is 14.0 Å².